The van der Waals surface area contributed by atoms with Gasteiger partial charge in [-0.1, -0.05) is 6.07 Å². The molecule has 2 heterocycles. The first kappa shape index (κ1) is 15.1. The largest absolute Gasteiger partial charge is 0.391 e. The zero-order valence-corrected chi connectivity index (χ0v) is 13.4. The van der Waals surface area contributed by atoms with E-state index in [1.54, 1.807) is 0 Å². The third kappa shape index (κ3) is 2.89. The standard InChI is InChI=1S/C18H24N2O3/c21-17-3-1-2-16(17)19-6-8-20(9-7-19)18(22)13-4-5-14-11-23-12-15(14)10-13/h4-5,10,16-17,21H,1-3,6-9,11-12H2/t16-,17-/m0/s1. The minimum Gasteiger partial charge on any atom is -0.391 e. The Kier molecular flexibility index (Phi) is 4.09. The molecule has 2 atom stereocenters. The fourth-order valence-electron chi connectivity index (χ4n) is 4.09. The molecule has 0 aromatic heterocycles. The Labute approximate surface area is 136 Å². The minimum atomic E-state index is -0.186. The molecule has 124 valence electrons. The number of carbonyl (C=O) groups excluding carboxylic acids is 1. The molecule has 1 N–H and O–H groups in total. The average molecular weight is 316 g/mol. The summed E-state index contributed by atoms with van der Waals surface area (Å²) in [5.41, 5.74) is 3.11. The molecular formula is C18H24N2O3. The number of carbonyl (C=O) groups is 1. The fourth-order valence-corrected chi connectivity index (χ4v) is 4.09. The van der Waals surface area contributed by atoms with Gasteiger partial charge in [-0.2, -0.15) is 0 Å². The van der Waals surface area contributed by atoms with Gasteiger partial charge >= 0.3 is 0 Å². The Morgan fingerprint density at radius 2 is 1.87 bits per heavy atom. The summed E-state index contributed by atoms with van der Waals surface area (Å²) in [5.74, 6) is 0.117. The molecule has 5 heteroatoms. The van der Waals surface area contributed by atoms with Gasteiger partial charge in [0.2, 0.25) is 0 Å². The van der Waals surface area contributed by atoms with Crippen LogP contribution in [0.1, 0.15) is 40.7 Å². The molecule has 1 aromatic carbocycles. The van der Waals surface area contributed by atoms with Crippen LogP contribution in [0, 0.1) is 0 Å². The first-order valence-corrected chi connectivity index (χ1v) is 8.63. The second-order valence-electron chi connectivity index (χ2n) is 6.87. The molecule has 0 spiro atoms. The zero-order chi connectivity index (χ0) is 15.8. The highest BCUT2D eigenvalue weighted by Gasteiger charge is 2.33. The predicted octanol–water partition coefficient (Wildman–Crippen LogP) is 1.39. The van der Waals surface area contributed by atoms with Gasteiger partial charge in [0.05, 0.1) is 19.3 Å². The van der Waals surface area contributed by atoms with Gasteiger partial charge in [-0.05, 0) is 42.5 Å². The lowest BCUT2D eigenvalue weighted by Crippen LogP contribution is -2.53. The van der Waals surface area contributed by atoms with E-state index in [1.807, 2.05) is 23.1 Å². The van der Waals surface area contributed by atoms with Gasteiger partial charge in [-0.15, -0.1) is 0 Å². The van der Waals surface area contributed by atoms with E-state index in [1.165, 1.54) is 5.56 Å². The van der Waals surface area contributed by atoms with Gasteiger partial charge in [-0.3, -0.25) is 9.69 Å². The Balaban J connectivity index is 1.39. The van der Waals surface area contributed by atoms with Crippen molar-refractivity contribution >= 4 is 5.91 Å². The fraction of sp³-hybridized carbons (Fsp3) is 0.611. The molecule has 4 rings (SSSR count). The van der Waals surface area contributed by atoms with Crippen LogP contribution in [0.2, 0.25) is 0 Å². The summed E-state index contributed by atoms with van der Waals surface area (Å²) >= 11 is 0. The van der Waals surface area contributed by atoms with Gasteiger partial charge in [0.1, 0.15) is 0 Å². The van der Waals surface area contributed by atoms with Crippen LogP contribution in [-0.2, 0) is 18.0 Å². The molecule has 1 aromatic rings. The van der Waals surface area contributed by atoms with E-state index in [0.29, 0.717) is 19.3 Å². The summed E-state index contributed by atoms with van der Waals surface area (Å²) in [4.78, 5) is 17.0. The van der Waals surface area contributed by atoms with Crippen molar-refractivity contribution in [3.8, 4) is 0 Å². The smallest absolute Gasteiger partial charge is 0.253 e. The normalized spacial score (nSPS) is 28.1. The predicted molar refractivity (Wildman–Crippen MR) is 86.1 cm³/mol. The Hall–Kier alpha value is -1.43. The van der Waals surface area contributed by atoms with Crippen LogP contribution in [0.5, 0.6) is 0 Å². The molecule has 1 aliphatic carbocycles. The van der Waals surface area contributed by atoms with Crippen molar-refractivity contribution in [3.05, 3.63) is 34.9 Å². The number of ether oxygens (including phenoxy) is 1. The summed E-state index contributed by atoms with van der Waals surface area (Å²) in [6.07, 6.45) is 2.93. The SMILES string of the molecule is O=C(c1ccc2c(c1)COC2)N1CCN([C@H]2CCC[C@@H]2O)CC1. The van der Waals surface area contributed by atoms with E-state index in [2.05, 4.69) is 4.90 Å². The molecule has 0 radical (unpaired) electrons. The highest BCUT2D eigenvalue weighted by Crippen LogP contribution is 2.26. The van der Waals surface area contributed by atoms with Gasteiger partial charge in [0, 0.05) is 37.8 Å². The van der Waals surface area contributed by atoms with E-state index in [0.717, 1.165) is 56.6 Å². The molecule has 3 aliphatic rings. The summed E-state index contributed by atoms with van der Waals surface area (Å²) in [6, 6.07) is 6.21. The number of piperazine rings is 1. The molecule has 1 saturated carbocycles. The molecule has 2 aliphatic heterocycles. The highest BCUT2D eigenvalue weighted by molar-refractivity contribution is 5.94. The summed E-state index contributed by atoms with van der Waals surface area (Å²) in [7, 11) is 0. The topological polar surface area (TPSA) is 53.0 Å². The van der Waals surface area contributed by atoms with Crippen molar-refractivity contribution in [1.82, 2.24) is 9.80 Å². The third-order valence-corrected chi connectivity index (χ3v) is 5.48. The van der Waals surface area contributed by atoms with Gasteiger partial charge in [0.25, 0.3) is 5.91 Å². The first-order chi connectivity index (χ1) is 11.2. The highest BCUT2D eigenvalue weighted by atomic mass is 16.5. The number of hydrogen-bond acceptors (Lipinski definition) is 4. The van der Waals surface area contributed by atoms with Crippen LogP contribution in [0.4, 0.5) is 0 Å². The summed E-state index contributed by atoms with van der Waals surface area (Å²) in [5, 5.41) is 10.0. The second kappa shape index (κ2) is 6.23. The maximum Gasteiger partial charge on any atom is 0.253 e. The number of rotatable bonds is 2. The van der Waals surface area contributed by atoms with Crippen LogP contribution < -0.4 is 0 Å². The Bertz CT molecular complexity index is 596. The second-order valence-corrected chi connectivity index (χ2v) is 6.87. The van der Waals surface area contributed by atoms with Crippen molar-refractivity contribution < 1.29 is 14.6 Å². The quantitative estimate of drug-likeness (QED) is 0.896. The average Bonchev–Trinajstić information content (AvgIpc) is 3.22. The number of hydrogen-bond donors (Lipinski definition) is 1. The molecule has 0 bridgehead atoms. The first-order valence-electron chi connectivity index (χ1n) is 8.63. The molecule has 23 heavy (non-hydrogen) atoms. The number of benzene rings is 1. The van der Waals surface area contributed by atoms with Crippen LogP contribution in [0.3, 0.4) is 0 Å². The third-order valence-electron chi connectivity index (χ3n) is 5.48. The van der Waals surface area contributed by atoms with Crippen molar-refractivity contribution in [2.24, 2.45) is 0 Å². The molecule has 1 amide bonds. The molecule has 0 unspecified atom stereocenters. The monoisotopic (exact) mass is 316 g/mol. The van der Waals surface area contributed by atoms with Gasteiger partial charge in [0.15, 0.2) is 0 Å². The molecular weight excluding hydrogens is 292 g/mol. The lowest BCUT2D eigenvalue weighted by atomic mass is 10.0. The lowest BCUT2D eigenvalue weighted by molar-refractivity contribution is 0.0315. The Morgan fingerprint density at radius 3 is 2.61 bits per heavy atom. The molecule has 5 nitrogen and oxygen atoms in total. The van der Waals surface area contributed by atoms with Crippen LogP contribution in [0.25, 0.3) is 0 Å². The van der Waals surface area contributed by atoms with Crippen LogP contribution >= 0.6 is 0 Å². The summed E-state index contributed by atoms with van der Waals surface area (Å²) in [6.45, 7) is 4.49. The van der Waals surface area contributed by atoms with E-state index >= 15 is 0 Å². The zero-order valence-electron chi connectivity index (χ0n) is 13.4. The number of amides is 1. The minimum absolute atomic E-state index is 0.117. The van der Waals surface area contributed by atoms with Gasteiger partial charge in [-0.25, -0.2) is 0 Å². The van der Waals surface area contributed by atoms with Crippen molar-refractivity contribution in [2.45, 2.75) is 44.6 Å². The van der Waals surface area contributed by atoms with E-state index < -0.39 is 0 Å². The van der Waals surface area contributed by atoms with E-state index in [4.69, 9.17) is 4.74 Å². The number of aliphatic hydroxyl groups is 1. The number of fused-ring (bicyclic) bond motifs is 1. The van der Waals surface area contributed by atoms with Crippen molar-refractivity contribution in [3.63, 3.8) is 0 Å². The maximum atomic E-state index is 12.7. The maximum absolute atomic E-state index is 12.7. The van der Waals surface area contributed by atoms with Crippen molar-refractivity contribution in [1.29, 1.82) is 0 Å². The van der Waals surface area contributed by atoms with E-state index in [-0.39, 0.29) is 12.0 Å². The van der Waals surface area contributed by atoms with Crippen LogP contribution in [-0.4, -0.2) is 59.1 Å². The Morgan fingerprint density at radius 1 is 1.09 bits per heavy atom. The van der Waals surface area contributed by atoms with Gasteiger partial charge < -0.3 is 14.7 Å². The summed E-state index contributed by atoms with van der Waals surface area (Å²) < 4.78 is 5.42. The number of nitrogens with zero attached hydrogens (tertiary/aromatic N) is 2. The van der Waals surface area contributed by atoms with E-state index in [9.17, 15) is 9.90 Å². The number of aliphatic hydroxyl groups excluding tert-OH is 1. The van der Waals surface area contributed by atoms with Crippen molar-refractivity contribution in [2.75, 3.05) is 26.2 Å². The molecule has 2 fully saturated rings. The lowest BCUT2D eigenvalue weighted by Gasteiger charge is -2.39. The van der Waals surface area contributed by atoms with Crippen LogP contribution in [0.15, 0.2) is 18.2 Å². The molecule has 1 saturated heterocycles.